The van der Waals surface area contributed by atoms with Crippen LogP contribution in [0.2, 0.25) is 5.02 Å². The summed E-state index contributed by atoms with van der Waals surface area (Å²) in [5.74, 6) is -0.548. The van der Waals surface area contributed by atoms with Crippen LogP contribution in [-0.2, 0) is 11.2 Å². The van der Waals surface area contributed by atoms with Gasteiger partial charge < -0.3 is 4.74 Å². The van der Waals surface area contributed by atoms with Gasteiger partial charge in [0.1, 0.15) is 5.75 Å². The molecule has 0 saturated carbocycles. The molecule has 34 heavy (non-hydrogen) atoms. The molecule has 0 saturated heterocycles. The highest BCUT2D eigenvalue weighted by atomic mass is 35.5. The lowest BCUT2D eigenvalue weighted by Gasteiger charge is -2.12. The number of hydrogen-bond acceptors (Lipinski definition) is 5. The van der Waals surface area contributed by atoms with Gasteiger partial charge in [-0.05, 0) is 35.9 Å². The smallest absolute Gasteiger partial charge is 0.276 e. The summed E-state index contributed by atoms with van der Waals surface area (Å²) in [4.78, 5) is 29.8. The summed E-state index contributed by atoms with van der Waals surface area (Å²) in [5, 5.41) is 9.87. The number of carbonyl (C=O) groups is 2. The monoisotopic (exact) mass is 470 g/mol. The van der Waals surface area contributed by atoms with Crippen molar-refractivity contribution in [3.05, 3.63) is 95.0 Å². The molecule has 3 aromatic carbocycles. The molecule has 168 valence electrons. The largest absolute Gasteiger partial charge is 0.484 e. The number of aromatic nitrogens is 1. The number of hydrogen-bond donors (Lipinski definition) is 2. The Morgan fingerprint density at radius 1 is 0.971 bits per heavy atom. The minimum atomic E-state index is -0.529. The van der Waals surface area contributed by atoms with Gasteiger partial charge in [-0.25, -0.2) is 4.98 Å². The van der Waals surface area contributed by atoms with Crippen LogP contribution < -0.4 is 15.6 Å². The zero-order valence-electron chi connectivity index (χ0n) is 17.9. The molecule has 4 rings (SSSR count). The van der Waals surface area contributed by atoms with E-state index in [1.165, 1.54) is 0 Å². The van der Waals surface area contributed by atoms with Crippen LogP contribution in [-0.4, -0.2) is 23.4 Å². The van der Waals surface area contributed by atoms with E-state index in [9.17, 15) is 9.59 Å². The topological polar surface area (TPSA) is 104 Å². The molecule has 0 radical (unpaired) electrons. The molecule has 0 aliphatic carbocycles. The van der Waals surface area contributed by atoms with Crippen LogP contribution in [0.4, 0.5) is 0 Å². The van der Waals surface area contributed by atoms with E-state index in [-0.39, 0.29) is 6.61 Å². The Morgan fingerprint density at radius 2 is 1.71 bits per heavy atom. The first-order chi connectivity index (χ1) is 16.5. The van der Waals surface area contributed by atoms with Gasteiger partial charge in [-0.15, -0.1) is 0 Å². The SMILES string of the molecule is N#CCc1ccc(OCC(=O)NNC(=O)c2cc(-c3ccccc3Cl)nc3ccccc23)cc1. The number of halogens is 1. The number of nitrogens with one attached hydrogen (secondary N) is 2. The number of hydrazine groups is 1. The summed E-state index contributed by atoms with van der Waals surface area (Å²) < 4.78 is 5.43. The average Bonchev–Trinajstić information content (AvgIpc) is 2.86. The zero-order chi connectivity index (χ0) is 23.9. The van der Waals surface area contributed by atoms with Crippen LogP contribution in [0.15, 0.2) is 78.9 Å². The van der Waals surface area contributed by atoms with Crippen molar-refractivity contribution in [2.45, 2.75) is 6.42 Å². The van der Waals surface area contributed by atoms with Crippen molar-refractivity contribution in [3.63, 3.8) is 0 Å². The Morgan fingerprint density at radius 3 is 2.47 bits per heavy atom. The van der Waals surface area contributed by atoms with Crippen LogP contribution in [0.1, 0.15) is 15.9 Å². The highest BCUT2D eigenvalue weighted by molar-refractivity contribution is 6.33. The van der Waals surface area contributed by atoms with Crippen molar-refractivity contribution < 1.29 is 14.3 Å². The van der Waals surface area contributed by atoms with E-state index in [1.54, 1.807) is 48.5 Å². The minimum absolute atomic E-state index is 0.292. The number of rotatable bonds is 6. The summed E-state index contributed by atoms with van der Waals surface area (Å²) in [5.41, 5.74) is 7.86. The fourth-order valence-electron chi connectivity index (χ4n) is 3.34. The van der Waals surface area contributed by atoms with Crippen molar-refractivity contribution in [2.24, 2.45) is 0 Å². The third-order valence-electron chi connectivity index (χ3n) is 5.00. The van der Waals surface area contributed by atoms with Crippen molar-refractivity contribution in [1.29, 1.82) is 5.26 Å². The summed E-state index contributed by atoms with van der Waals surface area (Å²) in [7, 11) is 0. The van der Waals surface area contributed by atoms with Crippen molar-refractivity contribution >= 4 is 34.3 Å². The lowest BCUT2D eigenvalue weighted by Crippen LogP contribution is -2.43. The first-order valence-corrected chi connectivity index (χ1v) is 10.8. The summed E-state index contributed by atoms with van der Waals surface area (Å²) >= 11 is 6.33. The Balaban J connectivity index is 1.45. The minimum Gasteiger partial charge on any atom is -0.484 e. The van der Waals surface area contributed by atoms with Gasteiger partial charge in [0, 0.05) is 16.0 Å². The lowest BCUT2D eigenvalue weighted by atomic mass is 10.0. The van der Waals surface area contributed by atoms with Gasteiger partial charge in [0.2, 0.25) is 0 Å². The molecule has 4 aromatic rings. The zero-order valence-corrected chi connectivity index (χ0v) is 18.7. The van der Waals surface area contributed by atoms with Crippen LogP contribution in [0.3, 0.4) is 0 Å². The van der Waals surface area contributed by atoms with Crippen molar-refractivity contribution in [1.82, 2.24) is 15.8 Å². The molecular formula is C26H19ClN4O3. The van der Waals surface area contributed by atoms with Gasteiger partial charge in [0.25, 0.3) is 11.8 Å². The molecule has 8 heteroatoms. The summed E-state index contributed by atoms with van der Waals surface area (Å²) in [6, 6.07) is 25.0. The Hall–Kier alpha value is -4.41. The molecule has 0 unspecified atom stereocenters. The van der Waals surface area contributed by atoms with E-state index in [0.717, 1.165) is 5.56 Å². The van der Waals surface area contributed by atoms with Crippen LogP contribution >= 0.6 is 11.6 Å². The number of nitrogens with zero attached hydrogens (tertiary/aromatic N) is 2. The van der Waals surface area contributed by atoms with Crippen LogP contribution in [0.5, 0.6) is 5.75 Å². The maximum Gasteiger partial charge on any atom is 0.276 e. The predicted molar refractivity (Wildman–Crippen MR) is 129 cm³/mol. The second-order valence-corrected chi connectivity index (χ2v) is 7.73. The van der Waals surface area contributed by atoms with Gasteiger partial charge in [0.05, 0.1) is 29.3 Å². The quantitative estimate of drug-likeness (QED) is 0.405. The molecule has 0 spiro atoms. The van der Waals surface area contributed by atoms with Crippen LogP contribution in [0, 0.1) is 11.3 Å². The fourth-order valence-corrected chi connectivity index (χ4v) is 3.58. The highest BCUT2D eigenvalue weighted by Crippen LogP contribution is 2.29. The van der Waals surface area contributed by atoms with E-state index >= 15 is 0 Å². The third-order valence-corrected chi connectivity index (χ3v) is 5.33. The molecule has 0 aliphatic rings. The maximum atomic E-state index is 13.0. The molecule has 1 heterocycles. The second-order valence-electron chi connectivity index (χ2n) is 7.32. The fraction of sp³-hybridized carbons (Fsp3) is 0.0769. The Labute approximate surface area is 200 Å². The number of amides is 2. The van der Waals surface area contributed by atoms with Gasteiger partial charge in [-0.2, -0.15) is 5.26 Å². The number of pyridine rings is 1. The molecule has 0 fully saturated rings. The number of carbonyl (C=O) groups excluding carboxylic acids is 2. The molecule has 0 atom stereocenters. The third kappa shape index (κ3) is 5.31. The van der Waals surface area contributed by atoms with E-state index in [1.807, 2.05) is 30.3 Å². The normalized spacial score (nSPS) is 10.4. The molecule has 0 bridgehead atoms. The van der Waals surface area contributed by atoms with E-state index in [0.29, 0.717) is 44.9 Å². The van der Waals surface area contributed by atoms with Gasteiger partial charge in [-0.3, -0.25) is 20.4 Å². The Kier molecular flexibility index (Phi) is 7.01. The van der Waals surface area contributed by atoms with E-state index < -0.39 is 11.8 Å². The highest BCUT2D eigenvalue weighted by Gasteiger charge is 2.16. The second kappa shape index (κ2) is 10.5. The van der Waals surface area contributed by atoms with Crippen molar-refractivity contribution in [3.8, 4) is 23.1 Å². The summed E-state index contributed by atoms with van der Waals surface area (Å²) in [6.07, 6.45) is 0.300. The van der Waals surface area contributed by atoms with Gasteiger partial charge >= 0.3 is 0 Å². The standard InChI is InChI=1S/C26H19ClN4O3/c27-22-7-3-1-6-20(22)24-15-21(19-5-2-4-8-23(19)29-24)26(33)31-30-25(32)16-34-18-11-9-17(10-12-18)13-14-28/h1-12,15H,13,16H2,(H,30,32)(H,31,33). The first-order valence-electron chi connectivity index (χ1n) is 10.4. The van der Waals surface area contributed by atoms with E-state index in [4.69, 9.17) is 21.6 Å². The lowest BCUT2D eigenvalue weighted by molar-refractivity contribution is -0.123. The molecule has 0 aliphatic heterocycles. The van der Waals surface area contributed by atoms with Gasteiger partial charge in [0.15, 0.2) is 6.61 Å². The number of fused-ring (bicyclic) bond motifs is 1. The van der Waals surface area contributed by atoms with Gasteiger partial charge in [-0.1, -0.05) is 60.1 Å². The molecule has 2 N–H and O–H groups in total. The number of nitriles is 1. The van der Waals surface area contributed by atoms with E-state index in [2.05, 4.69) is 21.9 Å². The molecule has 2 amide bonds. The molecule has 1 aromatic heterocycles. The summed E-state index contributed by atoms with van der Waals surface area (Å²) in [6.45, 7) is -0.292. The predicted octanol–water partition coefficient (Wildman–Crippen LogP) is 4.46. The molecule has 7 nitrogen and oxygen atoms in total. The van der Waals surface area contributed by atoms with Crippen molar-refractivity contribution in [2.75, 3.05) is 6.61 Å². The number of para-hydroxylation sites is 1. The number of benzene rings is 3. The maximum absolute atomic E-state index is 13.0. The molecular weight excluding hydrogens is 452 g/mol. The Bertz CT molecular complexity index is 1400. The number of ether oxygens (including phenoxy) is 1. The average molecular weight is 471 g/mol. The van der Waals surface area contributed by atoms with Crippen LogP contribution in [0.25, 0.3) is 22.2 Å². The first kappa shape index (κ1) is 22.8.